The molecule has 0 aliphatic carbocycles. The maximum Gasteiger partial charge on any atom is 0.435 e. The number of rotatable bonds is 3. The minimum atomic E-state index is -4.53. The van der Waals surface area contributed by atoms with Crippen molar-refractivity contribution in [2.75, 3.05) is 0 Å². The summed E-state index contributed by atoms with van der Waals surface area (Å²) in [5.41, 5.74) is -1.17. The molecule has 0 aliphatic heterocycles. The van der Waals surface area contributed by atoms with Crippen LogP contribution < -0.4 is 0 Å². The molecule has 0 amide bonds. The standard InChI is InChI=1S/C8H6BrF3N2O/c9-2-1-3-14-6(5-15)4-7(13-14)8(10,11)12/h1-2,4-5H,3H2. The number of aromatic nitrogens is 2. The fraction of sp³-hybridized carbons (Fsp3) is 0.250. The summed E-state index contributed by atoms with van der Waals surface area (Å²) in [5.74, 6) is 0. The third kappa shape index (κ3) is 2.92. The number of alkyl halides is 3. The van der Waals surface area contributed by atoms with Gasteiger partial charge in [-0.15, -0.1) is 0 Å². The Balaban J connectivity index is 3.05. The zero-order valence-electron chi connectivity index (χ0n) is 7.33. The highest BCUT2D eigenvalue weighted by Gasteiger charge is 2.34. The van der Waals surface area contributed by atoms with E-state index in [1.54, 1.807) is 0 Å². The average molecular weight is 283 g/mol. The number of hydrogen-bond acceptors (Lipinski definition) is 2. The van der Waals surface area contributed by atoms with Crippen LogP contribution in [-0.2, 0) is 12.7 Å². The highest BCUT2D eigenvalue weighted by atomic mass is 79.9. The largest absolute Gasteiger partial charge is 0.435 e. The van der Waals surface area contributed by atoms with Gasteiger partial charge in [-0.05, 0) is 11.1 Å². The van der Waals surface area contributed by atoms with E-state index in [2.05, 4.69) is 21.0 Å². The van der Waals surface area contributed by atoms with Gasteiger partial charge in [-0.2, -0.15) is 18.3 Å². The second-order valence-corrected chi connectivity index (χ2v) is 3.14. The predicted octanol–water partition coefficient (Wildman–Crippen LogP) is 2.62. The first-order chi connectivity index (χ1) is 6.99. The molecule has 0 saturated heterocycles. The molecule has 3 nitrogen and oxygen atoms in total. The van der Waals surface area contributed by atoms with Gasteiger partial charge < -0.3 is 0 Å². The van der Waals surface area contributed by atoms with Gasteiger partial charge in [-0.25, -0.2) is 0 Å². The Labute approximate surface area is 91.7 Å². The van der Waals surface area contributed by atoms with Crippen LogP contribution in [-0.4, -0.2) is 16.1 Å². The fourth-order valence-corrected chi connectivity index (χ4v) is 1.12. The third-order valence-corrected chi connectivity index (χ3v) is 1.96. The summed E-state index contributed by atoms with van der Waals surface area (Å²) in [6, 6.07) is 0.717. The molecule has 15 heavy (non-hydrogen) atoms. The highest BCUT2D eigenvalue weighted by Crippen LogP contribution is 2.28. The number of allylic oxidation sites excluding steroid dienone is 1. The van der Waals surface area contributed by atoms with Gasteiger partial charge in [-0.3, -0.25) is 9.48 Å². The molecular weight excluding hydrogens is 277 g/mol. The molecule has 0 saturated carbocycles. The van der Waals surface area contributed by atoms with Gasteiger partial charge in [0.2, 0.25) is 0 Å². The number of aldehydes is 1. The molecule has 1 aromatic rings. The van der Waals surface area contributed by atoms with Crippen LogP contribution in [0, 0.1) is 0 Å². The van der Waals surface area contributed by atoms with Gasteiger partial charge in [0.25, 0.3) is 0 Å². The van der Waals surface area contributed by atoms with E-state index in [0.717, 1.165) is 10.7 Å². The number of carbonyl (C=O) groups excluding carboxylic acids is 1. The van der Waals surface area contributed by atoms with Crippen molar-refractivity contribution >= 4 is 22.2 Å². The Morgan fingerprint density at radius 1 is 1.53 bits per heavy atom. The molecule has 0 radical (unpaired) electrons. The summed E-state index contributed by atoms with van der Waals surface area (Å²) in [6.45, 7) is 0.107. The van der Waals surface area contributed by atoms with E-state index in [1.165, 1.54) is 11.1 Å². The van der Waals surface area contributed by atoms with Gasteiger partial charge in [0.05, 0.1) is 6.54 Å². The van der Waals surface area contributed by atoms with Gasteiger partial charge in [0.1, 0.15) is 5.69 Å². The van der Waals surface area contributed by atoms with Gasteiger partial charge in [-0.1, -0.05) is 22.0 Å². The second kappa shape index (κ2) is 4.61. The lowest BCUT2D eigenvalue weighted by molar-refractivity contribution is -0.141. The van der Waals surface area contributed by atoms with Crippen LogP contribution in [0.15, 0.2) is 17.1 Å². The van der Waals surface area contributed by atoms with Crippen molar-refractivity contribution in [3.8, 4) is 0 Å². The average Bonchev–Trinajstić information content (AvgIpc) is 2.57. The first kappa shape index (κ1) is 12.0. The van der Waals surface area contributed by atoms with Crippen molar-refractivity contribution in [1.82, 2.24) is 9.78 Å². The minimum Gasteiger partial charge on any atom is -0.296 e. The molecule has 0 N–H and O–H groups in total. The lowest BCUT2D eigenvalue weighted by atomic mass is 10.3. The summed E-state index contributed by atoms with van der Waals surface area (Å²) in [4.78, 5) is 11.9. The highest BCUT2D eigenvalue weighted by molar-refractivity contribution is 9.11. The molecule has 1 rings (SSSR count). The summed E-state index contributed by atoms with van der Waals surface area (Å²) in [5, 5.41) is 3.28. The molecule has 0 unspecified atom stereocenters. The summed E-state index contributed by atoms with van der Waals surface area (Å²) in [7, 11) is 0. The lowest BCUT2D eigenvalue weighted by Crippen LogP contribution is -2.08. The zero-order valence-corrected chi connectivity index (χ0v) is 8.92. The maximum absolute atomic E-state index is 12.2. The van der Waals surface area contributed by atoms with Crippen molar-refractivity contribution < 1.29 is 18.0 Å². The van der Waals surface area contributed by atoms with Crippen molar-refractivity contribution in [3.63, 3.8) is 0 Å². The number of hydrogen-bond donors (Lipinski definition) is 0. The number of halogens is 4. The van der Waals surface area contributed by atoms with Crippen LogP contribution in [0.4, 0.5) is 13.2 Å². The van der Waals surface area contributed by atoms with Crippen LogP contribution in [0.2, 0.25) is 0 Å². The first-order valence-corrected chi connectivity index (χ1v) is 4.76. The van der Waals surface area contributed by atoms with E-state index in [9.17, 15) is 18.0 Å². The molecule has 1 heterocycles. The zero-order chi connectivity index (χ0) is 11.5. The molecule has 0 bridgehead atoms. The topological polar surface area (TPSA) is 34.9 Å². The quantitative estimate of drug-likeness (QED) is 0.799. The first-order valence-electron chi connectivity index (χ1n) is 3.84. The van der Waals surface area contributed by atoms with Crippen molar-refractivity contribution in [2.45, 2.75) is 12.7 Å². The van der Waals surface area contributed by atoms with Crippen molar-refractivity contribution in [2.24, 2.45) is 0 Å². The fourth-order valence-electron chi connectivity index (χ4n) is 0.951. The summed E-state index contributed by atoms with van der Waals surface area (Å²) in [6.07, 6.45) is -2.66. The SMILES string of the molecule is O=Cc1cc(C(F)(F)F)nn1CC=CBr. The van der Waals surface area contributed by atoms with E-state index < -0.39 is 11.9 Å². The summed E-state index contributed by atoms with van der Waals surface area (Å²) >= 11 is 2.97. The van der Waals surface area contributed by atoms with E-state index in [0.29, 0.717) is 6.29 Å². The van der Waals surface area contributed by atoms with Crippen LogP contribution >= 0.6 is 15.9 Å². The minimum absolute atomic E-state index is 0.104. The molecule has 7 heteroatoms. The molecule has 0 aliphatic rings. The van der Waals surface area contributed by atoms with Gasteiger partial charge in [0.15, 0.2) is 12.0 Å². The van der Waals surface area contributed by atoms with Crippen LogP contribution in [0.5, 0.6) is 0 Å². The Morgan fingerprint density at radius 3 is 2.67 bits per heavy atom. The maximum atomic E-state index is 12.2. The molecule has 0 aromatic carbocycles. The molecule has 82 valence electrons. The third-order valence-electron chi connectivity index (χ3n) is 1.59. The normalized spacial score (nSPS) is 12.3. The molecular formula is C8H6BrF3N2O. The molecule has 0 atom stereocenters. The second-order valence-electron chi connectivity index (χ2n) is 2.61. The van der Waals surface area contributed by atoms with E-state index in [1.807, 2.05) is 0 Å². The Bertz CT molecular complexity index is 384. The van der Waals surface area contributed by atoms with Gasteiger partial charge >= 0.3 is 6.18 Å². The Kier molecular flexibility index (Phi) is 3.67. The van der Waals surface area contributed by atoms with Crippen LogP contribution in [0.1, 0.15) is 16.2 Å². The predicted molar refractivity (Wildman–Crippen MR) is 50.7 cm³/mol. The van der Waals surface area contributed by atoms with E-state index >= 15 is 0 Å². The van der Waals surface area contributed by atoms with E-state index in [4.69, 9.17) is 0 Å². The van der Waals surface area contributed by atoms with Crippen LogP contribution in [0.3, 0.4) is 0 Å². The Morgan fingerprint density at radius 2 is 2.20 bits per heavy atom. The molecule has 0 spiro atoms. The Hall–Kier alpha value is -1.11. The smallest absolute Gasteiger partial charge is 0.296 e. The van der Waals surface area contributed by atoms with E-state index in [-0.39, 0.29) is 12.2 Å². The molecule has 1 aromatic heterocycles. The van der Waals surface area contributed by atoms with Crippen LogP contribution in [0.25, 0.3) is 0 Å². The van der Waals surface area contributed by atoms with Crippen molar-refractivity contribution in [3.05, 3.63) is 28.5 Å². The van der Waals surface area contributed by atoms with Crippen molar-refractivity contribution in [1.29, 1.82) is 0 Å². The number of carbonyl (C=O) groups is 1. The number of nitrogens with zero attached hydrogens (tertiary/aromatic N) is 2. The van der Waals surface area contributed by atoms with Gasteiger partial charge in [0, 0.05) is 0 Å². The molecule has 0 fully saturated rings. The monoisotopic (exact) mass is 282 g/mol. The summed E-state index contributed by atoms with van der Waals surface area (Å²) < 4.78 is 37.6. The lowest BCUT2D eigenvalue weighted by Gasteiger charge is -2.00.